The van der Waals surface area contributed by atoms with Gasteiger partial charge >= 0.3 is 0 Å². The Kier molecular flexibility index (Phi) is 7.16. The van der Waals surface area contributed by atoms with Crippen LogP contribution in [0.1, 0.15) is 30.6 Å². The van der Waals surface area contributed by atoms with Crippen molar-refractivity contribution in [3.05, 3.63) is 59.7 Å². The molecule has 6 nitrogen and oxygen atoms in total. The van der Waals surface area contributed by atoms with E-state index in [1.54, 1.807) is 19.2 Å². The van der Waals surface area contributed by atoms with Crippen molar-refractivity contribution < 1.29 is 13.5 Å². The van der Waals surface area contributed by atoms with Gasteiger partial charge in [-0.25, -0.2) is 13.6 Å². The molecule has 0 aliphatic heterocycles. The first-order chi connectivity index (χ1) is 12.3. The number of aliphatic hydroxyl groups excluding tert-OH is 1. The molecule has 26 heavy (non-hydrogen) atoms. The van der Waals surface area contributed by atoms with Crippen LogP contribution in [0, 0.1) is 0 Å². The van der Waals surface area contributed by atoms with E-state index in [0.717, 1.165) is 12.8 Å². The number of primary sulfonamides is 1. The molecule has 0 saturated heterocycles. The molecule has 2 atom stereocenters. The summed E-state index contributed by atoms with van der Waals surface area (Å²) in [5, 5.41) is 21.7. The Morgan fingerprint density at radius 3 is 2.46 bits per heavy atom. The van der Waals surface area contributed by atoms with Gasteiger partial charge in [-0.15, -0.1) is 0 Å². The number of rotatable bonds is 9. The Morgan fingerprint density at radius 1 is 1.15 bits per heavy atom. The Labute approximate surface area is 155 Å². The largest absolute Gasteiger partial charge is 0.387 e. The summed E-state index contributed by atoms with van der Waals surface area (Å²) in [4.78, 5) is -0.0197. The average Bonchev–Trinajstić information content (AvgIpc) is 2.64. The van der Waals surface area contributed by atoms with Gasteiger partial charge in [-0.05, 0) is 43.0 Å². The van der Waals surface area contributed by atoms with Crippen molar-refractivity contribution in [2.45, 2.75) is 36.8 Å². The zero-order valence-electron chi connectivity index (χ0n) is 15.1. The number of anilines is 1. The van der Waals surface area contributed by atoms with Crippen LogP contribution in [-0.2, 0) is 16.4 Å². The second-order valence-electron chi connectivity index (χ2n) is 6.40. The molecule has 0 amide bonds. The summed E-state index contributed by atoms with van der Waals surface area (Å²) in [7, 11) is -2.25. The predicted molar refractivity (Wildman–Crippen MR) is 105 cm³/mol. The molecule has 0 aliphatic rings. The number of aryl methyl sites for hydroxylation is 1. The third-order valence-electron chi connectivity index (χ3n) is 4.33. The Bertz CT molecular complexity index is 810. The van der Waals surface area contributed by atoms with Gasteiger partial charge in [0.2, 0.25) is 10.0 Å². The fourth-order valence-electron chi connectivity index (χ4n) is 2.75. The maximum absolute atomic E-state index is 11.7. The molecule has 142 valence electrons. The maximum atomic E-state index is 11.7. The van der Waals surface area contributed by atoms with E-state index in [0.29, 0.717) is 17.8 Å². The molecule has 0 radical (unpaired) electrons. The molecule has 0 saturated carbocycles. The van der Waals surface area contributed by atoms with Crippen molar-refractivity contribution >= 4 is 15.7 Å². The average molecular weight is 378 g/mol. The first kappa shape index (κ1) is 20.4. The van der Waals surface area contributed by atoms with Gasteiger partial charge in [0.25, 0.3) is 0 Å². The summed E-state index contributed by atoms with van der Waals surface area (Å²) in [5.41, 5.74) is 2.20. The number of aliphatic hydroxyl groups is 1. The van der Waals surface area contributed by atoms with Gasteiger partial charge in [-0.1, -0.05) is 36.4 Å². The number of benzene rings is 2. The molecule has 7 heteroatoms. The fraction of sp³-hybridized carbons (Fsp3) is 0.368. The smallest absolute Gasteiger partial charge is 0.240 e. The highest BCUT2D eigenvalue weighted by atomic mass is 32.2. The van der Waals surface area contributed by atoms with E-state index in [2.05, 4.69) is 29.7 Å². The molecule has 2 aromatic rings. The standard InChI is InChI=1S/C19H27N3O3S/c1-14(8-9-15-6-4-3-5-7-15)22-13-18(23)16-10-11-17(21-2)19(12-16)26(20,24)25/h3-7,10-12,14,18,21-23H,8-9,13H2,1-2H3,(H2,20,24,25). The molecule has 0 spiro atoms. The summed E-state index contributed by atoms with van der Waals surface area (Å²) in [6, 6.07) is 15.2. The molecule has 0 aromatic heterocycles. The van der Waals surface area contributed by atoms with Crippen molar-refractivity contribution in [2.24, 2.45) is 5.14 Å². The highest BCUT2D eigenvalue weighted by Crippen LogP contribution is 2.24. The second kappa shape index (κ2) is 9.14. The van der Waals surface area contributed by atoms with Crippen LogP contribution in [0.2, 0.25) is 0 Å². The Morgan fingerprint density at radius 2 is 1.85 bits per heavy atom. The van der Waals surface area contributed by atoms with Crippen LogP contribution in [-0.4, -0.2) is 33.2 Å². The monoisotopic (exact) mass is 377 g/mol. The van der Waals surface area contributed by atoms with Crippen molar-refractivity contribution in [3.8, 4) is 0 Å². The number of hydrogen-bond acceptors (Lipinski definition) is 5. The van der Waals surface area contributed by atoms with Crippen molar-refractivity contribution in [1.82, 2.24) is 5.32 Å². The fourth-order valence-corrected chi connectivity index (χ4v) is 3.53. The first-order valence-corrected chi connectivity index (χ1v) is 10.2. The third kappa shape index (κ3) is 5.81. The summed E-state index contributed by atoms with van der Waals surface area (Å²) >= 11 is 0. The SMILES string of the molecule is CNc1ccc(C(O)CNC(C)CCc2ccccc2)cc1S(N)(=O)=O. The van der Waals surface area contributed by atoms with Crippen molar-refractivity contribution in [3.63, 3.8) is 0 Å². The molecule has 0 fully saturated rings. The van der Waals surface area contributed by atoms with Crippen LogP contribution in [0.25, 0.3) is 0 Å². The summed E-state index contributed by atoms with van der Waals surface area (Å²) in [6.07, 6.45) is 1.08. The topological polar surface area (TPSA) is 104 Å². The summed E-state index contributed by atoms with van der Waals surface area (Å²) in [6.45, 7) is 2.40. The van der Waals surface area contributed by atoms with E-state index in [1.807, 2.05) is 18.2 Å². The third-order valence-corrected chi connectivity index (χ3v) is 5.29. The molecule has 2 aromatic carbocycles. The van der Waals surface area contributed by atoms with Crippen LogP contribution >= 0.6 is 0 Å². The quantitative estimate of drug-likeness (QED) is 0.535. The molecule has 0 bridgehead atoms. The number of hydrogen-bond donors (Lipinski definition) is 4. The van der Waals surface area contributed by atoms with E-state index in [4.69, 9.17) is 5.14 Å². The second-order valence-corrected chi connectivity index (χ2v) is 7.93. The maximum Gasteiger partial charge on any atom is 0.240 e. The predicted octanol–water partition coefficient (Wildman–Crippen LogP) is 2.02. The van der Waals surface area contributed by atoms with Gasteiger partial charge in [0.15, 0.2) is 0 Å². The van der Waals surface area contributed by atoms with Crippen LogP contribution in [0.3, 0.4) is 0 Å². The van der Waals surface area contributed by atoms with Crippen molar-refractivity contribution in [1.29, 1.82) is 0 Å². The van der Waals surface area contributed by atoms with Gasteiger partial charge in [0.05, 0.1) is 11.8 Å². The van der Waals surface area contributed by atoms with Crippen LogP contribution in [0.15, 0.2) is 53.4 Å². The molecule has 0 heterocycles. The lowest BCUT2D eigenvalue weighted by Crippen LogP contribution is -2.31. The minimum absolute atomic E-state index is 0.0197. The van der Waals surface area contributed by atoms with Gasteiger partial charge in [0.1, 0.15) is 4.90 Å². The van der Waals surface area contributed by atoms with E-state index in [-0.39, 0.29) is 10.9 Å². The summed E-state index contributed by atoms with van der Waals surface area (Å²) < 4.78 is 23.4. The first-order valence-electron chi connectivity index (χ1n) is 8.61. The number of nitrogens with one attached hydrogen (secondary N) is 2. The molecule has 2 rings (SSSR count). The lowest BCUT2D eigenvalue weighted by Gasteiger charge is -2.18. The molecule has 0 aliphatic carbocycles. The summed E-state index contributed by atoms with van der Waals surface area (Å²) in [5.74, 6) is 0. The Balaban J connectivity index is 1.94. The van der Waals surface area contributed by atoms with Crippen LogP contribution < -0.4 is 15.8 Å². The van der Waals surface area contributed by atoms with Gasteiger partial charge in [-0.2, -0.15) is 0 Å². The molecular weight excluding hydrogens is 350 g/mol. The highest BCUT2D eigenvalue weighted by molar-refractivity contribution is 7.89. The van der Waals surface area contributed by atoms with Crippen LogP contribution in [0.4, 0.5) is 5.69 Å². The normalized spacial score (nSPS) is 14.0. The van der Waals surface area contributed by atoms with E-state index in [9.17, 15) is 13.5 Å². The molecule has 2 unspecified atom stereocenters. The van der Waals surface area contributed by atoms with Gasteiger partial charge in [-0.3, -0.25) is 0 Å². The zero-order valence-corrected chi connectivity index (χ0v) is 16.0. The minimum atomic E-state index is -3.87. The van der Waals surface area contributed by atoms with E-state index in [1.165, 1.54) is 11.6 Å². The Hall–Kier alpha value is -1.93. The highest BCUT2D eigenvalue weighted by Gasteiger charge is 2.17. The number of sulfonamides is 1. The molecule has 5 N–H and O–H groups in total. The molecular formula is C19H27N3O3S. The zero-order chi connectivity index (χ0) is 19.2. The lowest BCUT2D eigenvalue weighted by atomic mass is 10.1. The van der Waals surface area contributed by atoms with Gasteiger partial charge in [0, 0.05) is 19.6 Å². The lowest BCUT2D eigenvalue weighted by molar-refractivity contribution is 0.170. The van der Waals surface area contributed by atoms with E-state index >= 15 is 0 Å². The number of nitrogens with two attached hydrogens (primary N) is 1. The van der Waals surface area contributed by atoms with Gasteiger partial charge < -0.3 is 15.7 Å². The van der Waals surface area contributed by atoms with E-state index < -0.39 is 16.1 Å². The van der Waals surface area contributed by atoms with Crippen LogP contribution in [0.5, 0.6) is 0 Å². The van der Waals surface area contributed by atoms with Crippen molar-refractivity contribution in [2.75, 3.05) is 18.9 Å². The minimum Gasteiger partial charge on any atom is -0.387 e.